The van der Waals surface area contributed by atoms with E-state index in [1.165, 1.54) is 19.3 Å². The van der Waals surface area contributed by atoms with Gasteiger partial charge in [-0.25, -0.2) is 4.79 Å². The van der Waals surface area contributed by atoms with Gasteiger partial charge in [-0.2, -0.15) is 0 Å². The molecule has 2 saturated carbocycles. The zero-order chi connectivity index (χ0) is 19.7. The van der Waals surface area contributed by atoms with Crippen molar-refractivity contribution in [3.63, 3.8) is 0 Å². The van der Waals surface area contributed by atoms with Crippen molar-refractivity contribution in [3.05, 3.63) is 35.9 Å². The van der Waals surface area contributed by atoms with Gasteiger partial charge in [0, 0.05) is 0 Å². The highest BCUT2D eigenvalue weighted by Gasteiger charge is 2.61. The van der Waals surface area contributed by atoms with E-state index in [-0.39, 0.29) is 5.97 Å². The summed E-state index contributed by atoms with van der Waals surface area (Å²) < 4.78 is 12.4. The first-order valence-electron chi connectivity index (χ1n) is 10.3. The molecular formula is C23H36NO3+. The van der Waals surface area contributed by atoms with Crippen molar-refractivity contribution in [1.82, 2.24) is 0 Å². The third-order valence-corrected chi connectivity index (χ3v) is 7.53. The van der Waals surface area contributed by atoms with Crippen LogP contribution in [-0.2, 0) is 20.9 Å². The zero-order valence-corrected chi connectivity index (χ0v) is 17.7. The van der Waals surface area contributed by atoms with Crippen molar-refractivity contribution in [1.29, 1.82) is 0 Å². The lowest BCUT2D eigenvalue weighted by Crippen LogP contribution is -2.47. The van der Waals surface area contributed by atoms with Crippen LogP contribution in [0.1, 0.15) is 45.6 Å². The van der Waals surface area contributed by atoms with Crippen molar-refractivity contribution in [2.45, 2.75) is 52.7 Å². The van der Waals surface area contributed by atoms with Crippen LogP contribution in [0.15, 0.2) is 30.3 Å². The van der Waals surface area contributed by atoms with E-state index in [4.69, 9.17) is 9.47 Å². The normalized spacial score (nSPS) is 29.1. The number of quaternary nitrogens is 1. The lowest BCUT2D eigenvalue weighted by molar-refractivity contribution is -0.883. The number of esters is 1. The minimum Gasteiger partial charge on any atom is -0.457 e. The monoisotopic (exact) mass is 374 g/mol. The SMILES string of the molecule is CC1(C)[C@H]2CC[C@]1(C)[C@H](OCC[N+](C)(C)CC(=O)OCc1ccccc1)C2. The largest absolute Gasteiger partial charge is 0.457 e. The zero-order valence-electron chi connectivity index (χ0n) is 17.7. The van der Waals surface area contributed by atoms with Gasteiger partial charge in [-0.15, -0.1) is 0 Å². The molecule has 150 valence electrons. The van der Waals surface area contributed by atoms with Crippen molar-refractivity contribution >= 4 is 5.97 Å². The number of fused-ring (bicyclic) bond motifs is 2. The van der Waals surface area contributed by atoms with Gasteiger partial charge in [0.25, 0.3) is 0 Å². The van der Waals surface area contributed by atoms with E-state index in [0.29, 0.717) is 41.2 Å². The Morgan fingerprint density at radius 1 is 1.19 bits per heavy atom. The number of nitrogens with zero attached hydrogens (tertiary/aromatic N) is 1. The maximum atomic E-state index is 12.2. The lowest BCUT2D eigenvalue weighted by Gasteiger charge is -2.39. The Morgan fingerprint density at radius 2 is 1.89 bits per heavy atom. The minimum absolute atomic E-state index is 0.156. The maximum absolute atomic E-state index is 12.2. The quantitative estimate of drug-likeness (QED) is 0.509. The molecule has 2 bridgehead atoms. The molecule has 3 atom stereocenters. The number of hydrogen-bond acceptors (Lipinski definition) is 3. The second-order valence-electron chi connectivity index (χ2n) is 9.93. The Morgan fingerprint density at radius 3 is 2.48 bits per heavy atom. The molecule has 3 rings (SSSR count). The fourth-order valence-corrected chi connectivity index (χ4v) is 5.04. The number of ether oxygens (including phenoxy) is 2. The van der Waals surface area contributed by atoms with Crippen LogP contribution < -0.4 is 0 Å². The lowest BCUT2D eigenvalue weighted by atomic mass is 9.70. The predicted molar refractivity (Wildman–Crippen MR) is 107 cm³/mol. The van der Waals surface area contributed by atoms with Crippen LogP contribution in [0.2, 0.25) is 0 Å². The average molecular weight is 375 g/mol. The van der Waals surface area contributed by atoms with Crippen molar-refractivity contribution in [3.8, 4) is 0 Å². The molecule has 1 aromatic carbocycles. The van der Waals surface area contributed by atoms with E-state index in [2.05, 4.69) is 34.9 Å². The molecule has 0 heterocycles. The van der Waals surface area contributed by atoms with Gasteiger partial charge in [0.15, 0.2) is 6.54 Å². The molecule has 1 aromatic rings. The van der Waals surface area contributed by atoms with Crippen LogP contribution in [0.5, 0.6) is 0 Å². The first-order chi connectivity index (χ1) is 12.6. The number of hydrogen-bond donors (Lipinski definition) is 0. The number of likely N-dealkylation sites (N-methyl/N-ethyl adjacent to an activating group) is 1. The summed E-state index contributed by atoms with van der Waals surface area (Å²) in [5.41, 5.74) is 1.69. The van der Waals surface area contributed by atoms with Crippen molar-refractivity contribution < 1.29 is 18.8 Å². The average Bonchev–Trinajstić information content (AvgIpc) is 2.94. The number of carbonyl (C=O) groups excluding carboxylic acids is 1. The molecule has 0 unspecified atom stereocenters. The van der Waals surface area contributed by atoms with E-state index in [1.807, 2.05) is 30.3 Å². The highest BCUT2D eigenvalue weighted by Crippen LogP contribution is 2.66. The van der Waals surface area contributed by atoms with Crippen LogP contribution in [-0.4, -0.2) is 50.3 Å². The smallest absolute Gasteiger partial charge is 0.362 e. The summed E-state index contributed by atoms with van der Waals surface area (Å²) in [5.74, 6) is 0.639. The van der Waals surface area contributed by atoms with E-state index >= 15 is 0 Å². The van der Waals surface area contributed by atoms with Gasteiger partial charge in [-0.1, -0.05) is 51.1 Å². The Labute approximate surface area is 164 Å². The van der Waals surface area contributed by atoms with Gasteiger partial charge < -0.3 is 14.0 Å². The summed E-state index contributed by atoms with van der Waals surface area (Å²) in [7, 11) is 4.14. The Balaban J connectivity index is 1.42. The fourth-order valence-electron chi connectivity index (χ4n) is 5.04. The molecule has 0 N–H and O–H groups in total. The molecule has 2 aliphatic carbocycles. The third kappa shape index (κ3) is 4.22. The molecule has 0 amide bonds. The highest BCUT2D eigenvalue weighted by molar-refractivity contribution is 5.70. The summed E-state index contributed by atoms with van der Waals surface area (Å²) in [6.07, 6.45) is 4.17. The number of rotatable bonds is 8. The Bertz CT molecular complexity index is 655. The first kappa shape index (κ1) is 20.3. The summed E-state index contributed by atoms with van der Waals surface area (Å²) in [5, 5.41) is 0. The molecule has 0 saturated heterocycles. The van der Waals surface area contributed by atoms with Crippen LogP contribution in [0.25, 0.3) is 0 Å². The molecule has 27 heavy (non-hydrogen) atoms. The van der Waals surface area contributed by atoms with E-state index in [9.17, 15) is 4.79 Å². The number of benzene rings is 1. The topological polar surface area (TPSA) is 35.5 Å². The Kier molecular flexibility index (Phi) is 5.69. The molecule has 2 aliphatic rings. The minimum atomic E-state index is -0.156. The van der Waals surface area contributed by atoms with E-state index in [0.717, 1.165) is 18.0 Å². The van der Waals surface area contributed by atoms with Gasteiger partial charge in [0.05, 0.1) is 26.8 Å². The second-order valence-corrected chi connectivity index (χ2v) is 9.93. The van der Waals surface area contributed by atoms with Gasteiger partial charge in [-0.3, -0.25) is 0 Å². The molecule has 0 aliphatic heterocycles. The summed E-state index contributed by atoms with van der Waals surface area (Å²) in [6, 6.07) is 9.82. The van der Waals surface area contributed by atoms with Gasteiger partial charge >= 0.3 is 5.97 Å². The van der Waals surface area contributed by atoms with Crippen LogP contribution in [0, 0.1) is 16.7 Å². The molecule has 0 aromatic heterocycles. The van der Waals surface area contributed by atoms with Crippen molar-refractivity contribution in [2.24, 2.45) is 16.7 Å². The summed E-state index contributed by atoms with van der Waals surface area (Å²) in [6.45, 7) is 9.46. The maximum Gasteiger partial charge on any atom is 0.362 e. The Hall–Kier alpha value is -1.39. The second kappa shape index (κ2) is 7.56. The summed E-state index contributed by atoms with van der Waals surface area (Å²) >= 11 is 0. The van der Waals surface area contributed by atoms with Gasteiger partial charge in [0.1, 0.15) is 13.2 Å². The van der Waals surface area contributed by atoms with E-state index in [1.54, 1.807) is 0 Å². The molecule has 2 fully saturated rings. The number of carbonyl (C=O) groups is 1. The standard InChI is InChI=1S/C23H36NO3/c1-22(2)19-11-12-23(22,3)20(15-19)26-14-13-24(4,5)16-21(25)27-17-18-9-7-6-8-10-18/h6-10,19-20H,11-17H2,1-5H3/q+1/t19-,20+,23+/m0/s1. The fraction of sp³-hybridized carbons (Fsp3) is 0.696. The molecule has 4 nitrogen and oxygen atoms in total. The van der Waals surface area contributed by atoms with Crippen LogP contribution in [0.3, 0.4) is 0 Å². The third-order valence-electron chi connectivity index (χ3n) is 7.53. The summed E-state index contributed by atoms with van der Waals surface area (Å²) in [4.78, 5) is 12.2. The van der Waals surface area contributed by atoms with Crippen molar-refractivity contribution in [2.75, 3.05) is 33.8 Å². The van der Waals surface area contributed by atoms with Gasteiger partial charge in [0.2, 0.25) is 0 Å². The van der Waals surface area contributed by atoms with Crippen LogP contribution >= 0.6 is 0 Å². The van der Waals surface area contributed by atoms with E-state index < -0.39 is 0 Å². The highest BCUT2D eigenvalue weighted by atomic mass is 16.5. The molecule has 4 heteroatoms. The van der Waals surface area contributed by atoms with Crippen LogP contribution in [0.4, 0.5) is 0 Å². The molecule has 0 spiro atoms. The predicted octanol–water partition coefficient (Wildman–Crippen LogP) is 4.04. The molecular weight excluding hydrogens is 338 g/mol. The molecule has 0 radical (unpaired) electrons. The first-order valence-corrected chi connectivity index (χ1v) is 10.3. The van der Waals surface area contributed by atoms with Gasteiger partial charge in [-0.05, 0) is 41.6 Å².